The Morgan fingerprint density at radius 1 is 0.840 bits per heavy atom. The minimum Gasteiger partial charge on any atom is -0.478 e. The number of rotatable bonds is 4. The minimum absolute atomic E-state index is 0.0160. The molecule has 0 atom stereocenters. The minimum atomic E-state index is -1.11. The summed E-state index contributed by atoms with van der Waals surface area (Å²) < 4.78 is 4.69. The van der Waals surface area contributed by atoms with E-state index in [2.05, 4.69) is 4.74 Å². The van der Waals surface area contributed by atoms with Gasteiger partial charge in [-0.05, 0) is 24.3 Å². The molecular formula is C18H19NO6. The summed E-state index contributed by atoms with van der Waals surface area (Å²) in [5.74, 6) is -2.47. The molecule has 0 aliphatic carbocycles. The van der Waals surface area contributed by atoms with Gasteiger partial charge in [-0.1, -0.05) is 24.3 Å². The fraction of sp³-hybridized carbons (Fsp3) is 0.167. The van der Waals surface area contributed by atoms with E-state index in [0.717, 1.165) is 5.69 Å². The number of carbonyl (C=O) groups excluding carboxylic acids is 1. The molecule has 2 N–H and O–H groups in total. The van der Waals surface area contributed by atoms with Crippen molar-refractivity contribution in [3.05, 3.63) is 59.7 Å². The maximum atomic E-state index is 10.7. The largest absolute Gasteiger partial charge is 0.478 e. The number of benzene rings is 2. The molecule has 0 bridgehead atoms. The molecule has 0 fully saturated rings. The fourth-order valence-corrected chi connectivity index (χ4v) is 1.93. The Hall–Kier alpha value is -3.35. The molecule has 0 saturated carbocycles. The van der Waals surface area contributed by atoms with Crippen molar-refractivity contribution < 1.29 is 29.3 Å². The van der Waals surface area contributed by atoms with Gasteiger partial charge in [0, 0.05) is 21.0 Å². The summed E-state index contributed by atoms with van der Waals surface area (Å²) in [6.45, 7) is 1.22. The standard InChI is InChI=1S/C9H11NO2.C9H8O4/c1-10(2)8-6-4-3-5-7(8)9(11)12;1-6(10)13-8-5-3-2-4-7(8)9(11)12/h3-6H,1-2H3,(H,11,12);2-5H,1H3,(H,11,12). The maximum absolute atomic E-state index is 10.7. The van der Waals surface area contributed by atoms with E-state index in [9.17, 15) is 14.4 Å². The molecule has 7 heteroatoms. The van der Waals surface area contributed by atoms with Crippen LogP contribution in [0, 0.1) is 0 Å². The highest BCUT2D eigenvalue weighted by Gasteiger charge is 2.11. The van der Waals surface area contributed by atoms with Crippen LogP contribution in [-0.4, -0.2) is 42.2 Å². The molecule has 0 unspecified atom stereocenters. The SMILES string of the molecule is CC(=O)Oc1ccccc1C(=O)O.CN(C)c1ccccc1C(=O)O. The molecule has 0 saturated heterocycles. The maximum Gasteiger partial charge on any atom is 0.339 e. The summed E-state index contributed by atoms with van der Waals surface area (Å²) >= 11 is 0. The second-order valence-corrected chi connectivity index (χ2v) is 5.11. The zero-order valence-electron chi connectivity index (χ0n) is 14.1. The van der Waals surface area contributed by atoms with Crippen LogP contribution in [0.3, 0.4) is 0 Å². The zero-order valence-corrected chi connectivity index (χ0v) is 14.1. The van der Waals surface area contributed by atoms with E-state index in [0.29, 0.717) is 5.56 Å². The van der Waals surface area contributed by atoms with Gasteiger partial charge < -0.3 is 19.8 Å². The van der Waals surface area contributed by atoms with Crippen LogP contribution in [-0.2, 0) is 4.79 Å². The number of hydrogen-bond acceptors (Lipinski definition) is 5. The van der Waals surface area contributed by atoms with Crippen molar-refractivity contribution in [1.82, 2.24) is 0 Å². The molecule has 25 heavy (non-hydrogen) atoms. The van der Waals surface area contributed by atoms with Crippen LogP contribution in [0.15, 0.2) is 48.5 Å². The lowest BCUT2D eigenvalue weighted by Gasteiger charge is -2.14. The molecule has 2 aromatic rings. The van der Waals surface area contributed by atoms with E-state index in [1.165, 1.54) is 19.1 Å². The Morgan fingerprint density at radius 2 is 1.32 bits per heavy atom. The molecule has 0 aliphatic heterocycles. The Balaban J connectivity index is 0.000000251. The van der Waals surface area contributed by atoms with E-state index >= 15 is 0 Å². The van der Waals surface area contributed by atoms with Gasteiger partial charge in [-0.2, -0.15) is 0 Å². The number of aromatic carboxylic acids is 2. The van der Waals surface area contributed by atoms with Gasteiger partial charge in [0.1, 0.15) is 11.3 Å². The lowest BCUT2D eigenvalue weighted by Crippen LogP contribution is -2.13. The molecular weight excluding hydrogens is 326 g/mol. The average molecular weight is 345 g/mol. The van der Waals surface area contributed by atoms with Crippen LogP contribution in [0.25, 0.3) is 0 Å². The van der Waals surface area contributed by atoms with Gasteiger partial charge >= 0.3 is 17.9 Å². The summed E-state index contributed by atoms with van der Waals surface area (Å²) in [7, 11) is 3.64. The quantitative estimate of drug-likeness (QED) is 0.648. The van der Waals surface area contributed by atoms with Gasteiger partial charge in [0.15, 0.2) is 0 Å². The monoisotopic (exact) mass is 345 g/mol. The third kappa shape index (κ3) is 5.98. The summed E-state index contributed by atoms with van der Waals surface area (Å²) in [6.07, 6.45) is 0. The van der Waals surface area contributed by atoms with Gasteiger partial charge in [-0.3, -0.25) is 4.79 Å². The predicted octanol–water partition coefficient (Wildman–Crippen LogP) is 2.76. The Labute approximate surface area is 145 Å². The molecule has 2 aromatic carbocycles. The van der Waals surface area contributed by atoms with Crippen LogP contribution in [0.1, 0.15) is 27.6 Å². The molecule has 0 aromatic heterocycles. The number of carboxylic acid groups (broad SMARTS) is 2. The van der Waals surface area contributed by atoms with Crippen molar-refractivity contribution >= 4 is 23.6 Å². The molecule has 0 aliphatic rings. The number of para-hydroxylation sites is 2. The van der Waals surface area contributed by atoms with Crippen molar-refractivity contribution in [3.8, 4) is 5.75 Å². The highest BCUT2D eigenvalue weighted by molar-refractivity contribution is 5.94. The Morgan fingerprint density at radius 3 is 1.76 bits per heavy atom. The third-order valence-electron chi connectivity index (χ3n) is 2.99. The Kier molecular flexibility index (Phi) is 7.15. The lowest BCUT2D eigenvalue weighted by molar-refractivity contribution is -0.131. The molecule has 0 amide bonds. The van der Waals surface area contributed by atoms with Crippen LogP contribution < -0.4 is 9.64 Å². The second-order valence-electron chi connectivity index (χ2n) is 5.11. The van der Waals surface area contributed by atoms with E-state index in [1.807, 2.05) is 20.2 Å². The summed E-state index contributed by atoms with van der Waals surface area (Å²) in [6, 6.07) is 12.9. The summed E-state index contributed by atoms with van der Waals surface area (Å²) in [4.78, 5) is 33.7. The molecule has 0 spiro atoms. The second kappa shape index (κ2) is 9.07. The predicted molar refractivity (Wildman–Crippen MR) is 92.4 cm³/mol. The van der Waals surface area contributed by atoms with Crippen LogP contribution >= 0.6 is 0 Å². The first kappa shape index (κ1) is 19.7. The van der Waals surface area contributed by atoms with E-state index in [-0.39, 0.29) is 11.3 Å². The van der Waals surface area contributed by atoms with Gasteiger partial charge in [0.2, 0.25) is 0 Å². The number of carboxylic acids is 2. The van der Waals surface area contributed by atoms with Crippen LogP contribution in [0.4, 0.5) is 5.69 Å². The fourth-order valence-electron chi connectivity index (χ4n) is 1.93. The smallest absolute Gasteiger partial charge is 0.339 e. The average Bonchev–Trinajstić information content (AvgIpc) is 2.55. The lowest BCUT2D eigenvalue weighted by atomic mass is 10.2. The number of carbonyl (C=O) groups is 3. The van der Waals surface area contributed by atoms with Crippen molar-refractivity contribution in [1.29, 1.82) is 0 Å². The molecule has 0 heterocycles. The number of anilines is 1. The van der Waals surface area contributed by atoms with E-state index < -0.39 is 17.9 Å². The first-order valence-electron chi connectivity index (χ1n) is 7.24. The highest BCUT2D eigenvalue weighted by Crippen LogP contribution is 2.18. The number of ether oxygens (including phenoxy) is 1. The van der Waals surface area contributed by atoms with Gasteiger partial charge in [-0.15, -0.1) is 0 Å². The number of hydrogen-bond donors (Lipinski definition) is 2. The molecule has 2 rings (SSSR count). The van der Waals surface area contributed by atoms with Gasteiger partial charge in [0.25, 0.3) is 0 Å². The van der Waals surface area contributed by atoms with Gasteiger partial charge in [-0.25, -0.2) is 9.59 Å². The van der Waals surface area contributed by atoms with Crippen molar-refractivity contribution in [2.45, 2.75) is 6.92 Å². The van der Waals surface area contributed by atoms with Gasteiger partial charge in [0.05, 0.1) is 11.3 Å². The summed E-state index contributed by atoms with van der Waals surface area (Å²) in [5, 5.41) is 17.5. The van der Waals surface area contributed by atoms with Crippen molar-refractivity contribution in [2.75, 3.05) is 19.0 Å². The first-order chi connectivity index (χ1) is 11.7. The summed E-state index contributed by atoms with van der Waals surface area (Å²) in [5.41, 5.74) is 1.05. The van der Waals surface area contributed by atoms with Crippen molar-refractivity contribution in [3.63, 3.8) is 0 Å². The number of esters is 1. The third-order valence-corrected chi connectivity index (χ3v) is 2.99. The number of nitrogens with zero attached hydrogens (tertiary/aromatic N) is 1. The first-order valence-corrected chi connectivity index (χ1v) is 7.24. The van der Waals surface area contributed by atoms with E-state index in [1.54, 1.807) is 35.2 Å². The normalized spacial score (nSPS) is 9.40. The highest BCUT2D eigenvalue weighted by atomic mass is 16.5. The van der Waals surface area contributed by atoms with Crippen LogP contribution in [0.5, 0.6) is 5.75 Å². The van der Waals surface area contributed by atoms with Crippen LogP contribution in [0.2, 0.25) is 0 Å². The molecule has 132 valence electrons. The molecule has 7 nitrogen and oxygen atoms in total. The molecule has 0 radical (unpaired) electrons. The van der Waals surface area contributed by atoms with Crippen molar-refractivity contribution in [2.24, 2.45) is 0 Å². The topological polar surface area (TPSA) is 104 Å². The zero-order chi connectivity index (χ0) is 19.0. The Bertz CT molecular complexity index is 770. The van der Waals surface area contributed by atoms with E-state index in [4.69, 9.17) is 10.2 Å².